The third kappa shape index (κ3) is 1.75. The summed E-state index contributed by atoms with van der Waals surface area (Å²) in [6.45, 7) is 4.45. The molecule has 0 bridgehead atoms. The van der Waals surface area contributed by atoms with Gasteiger partial charge in [-0.2, -0.15) is 0 Å². The van der Waals surface area contributed by atoms with Crippen molar-refractivity contribution in [3.8, 4) is 0 Å². The Bertz CT molecular complexity index is 194. The van der Waals surface area contributed by atoms with Crippen LogP contribution < -0.4 is 5.32 Å². The van der Waals surface area contributed by atoms with Gasteiger partial charge in [0, 0.05) is 11.6 Å². The molecule has 2 fully saturated rings. The van der Waals surface area contributed by atoms with Crippen molar-refractivity contribution in [3.05, 3.63) is 0 Å². The third-order valence-electron chi connectivity index (χ3n) is 3.74. The third-order valence-corrected chi connectivity index (χ3v) is 3.74. The fraction of sp³-hybridized carbons (Fsp3) is 1.00. The van der Waals surface area contributed by atoms with Crippen LogP contribution in [-0.2, 0) is 0 Å². The lowest BCUT2D eigenvalue weighted by molar-refractivity contribution is 0.0110. The van der Waals surface area contributed by atoms with Crippen LogP contribution in [0.4, 0.5) is 0 Å². The van der Waals surface area contributed by atoms with E-state index in [0.29, 0.717) is 6.04 Å². The topological polar surface area (TPSA) is 32.3 Å². The lowest BCUT2D eigenvalue weighted by Gasteiger charge is -2.32. The molecular formula is C11H21NO. The Labute approximate surface area is 80.7 Å². The highest BCUT2D eigenvalue weighted by Crippen LogP contribution is 2.38. The second-order valence-electron chi connectivity index (χ2n) is 5.43. The molecule has 2 nitrogen and oxygen atoms in total. The number of nitrogens with one attached hydrogen (secondary N) is 1. The molecule has 0 aromatic rings. The molecule has 2 heteroatoms. The fourth-order valence-corrected chi connectivity index (χ4v) is 2.86. The number of hydrogen-bond acceptors (Lipinski definition) is 2. The van der Waals surface area contributed by atoms with Crippen LogP contribution in [0.2, 0.25) is 0 Å². The minimum Gasteiger partial charge on any atom is -0.388 e. The van der Waals surface area contributed by atoms with Gasteiger partial charge in [0.1, 0.15) is 0 Å². The molecule has 2 N–H and O–H groups in total. The Balaban J connectivity index is 2.02. The first-order chi connectivity index (χ1) is 6.02. The molecule has 1 aliphatic heterocycles. The van der Waals surface area contributed by atoms with Gasteiger partial charge in [-0.25, -0.2) is 0 Å². The Morgan fingerprint density at radius 2 is 1.77 bits per heavy atom. The smallest absolute Gasteiger partial charge is 0.0800 e. The molecule has 76 valence electrons. The van der Waals surface area contributed by atoms with Gasteiger partial charge < -0.3 is 10.4 Å². The standard InChI is InChI=1S/C11H21NO/c1-10(2)8-5-9(12-10)11(13)6-3-4-7-11/h9,12-13H,3-8H2,1-2H3/t9-/m0/s1. The van der Waals surface area contributed by atoms with Crippen LogP contribution in [0.15, 0.2) is 0 Å². The summed E-state index contributed by atoms with van der Waals surface area (Å²) in [6, 6.07) is 0.352. The quantitative estimate of drug-likeness (QED) is 0.650. The molecule has 1 saturated carbocycles. The van der Waals surface area contributed by atoms with Crippen LogP contribution in [0.5, 0.6) is 0 Å². The van der Waals surface area contributed by atoms with Crippen molar-refractivity contribution in [2.45, 2.75) is 69.6 Å². The fourth-order valence-electron chi connectivity index (χ4n) is 2.86. The van der Waals surface area contributed by atoms with Gasteiger partial charge >= 0.3 is 0 Å². The van der Waals surface area contributed by atoms with Gasteiger partial charge in [-0.15, -0.1) is 0 Å². The van der Waals surface area contributed by atoms with Gasteiger partial charge in [-0.3, -0.25) is 0 Å². The van der Waals surface area contributed by atoms with Crippen molar-refractivity contribution >= 4 is 0 Å². The van der Waals surface area contributed by atoms with Crippen LogP contribution in [-0.4, -0.2) is 22.3 Å². The second kappa shape index (κ2) is 2.96. The Morgan fingerprint density at radius 1 is 1.15 bits per heavy atom. The summed E-state index contributed by atoms with van der Waals surface area (Å²) in [7, 11) is 0. The highest BCUT2D eigenvalue weighted by molar-refractivity contribution is 5.03. The highest BCUT2D eigenvalue weighted by Gasteiger charge is 2.44. The summed E-state index contributed by atoms with van der Waals surface area (Å²) in [5.41, 5.74) is -0.142. The largest absolute Gasteiger partial charge is 0.388 e. The lowest BCUT2D eigenvalue weighted by Crippen LogP contribution is -2.50. The maximum atomic E-state index is 10.4. The van der Waals surface area contributed by atoms with Crippen molar-refractivity contribution in [1.82, 2.24) is 5.32 Å². The molecule has 0 aromatic heterocycles. The maximum absolute atomic E-state index is 10.4. The summed E-state index contributed by atoms with van der Waals surface area (Å²) in [5.74, 6) is 0. The van der Waals surface area contributed by atoms with Crippen molar-refractivity contribution in [2.75, 3.05) is 0 Å². The lowest BCUT2D eigenvalue weighted by atomic mass is 9.91. The van der Waals surface area contributed by atoms with Crippen molar-refractivity contribution in [1.29, 1.82) is 0 Å². The summed E-state index contributed by atoms with van der Waals surface area (Å²) < 4.78 is 0. The monoisotopic (exact) mass is 183 g/mol. The first-order valence-corrected chi connectivity index (χ1v) is 5.52. The Morgan fingerprint density at radius 3 is 2.23 bits per heavy atom. The van der Waals surface area contributed by atoms with E-state index in [-0.39, 0.29) is 11.1 Å². The van der Waals surface area contributed by atoms with E-state index in [4.69, 9.17) is 0 Å². The highest BCUT2D eigenvalue weighted by atomic mass is 16.3. The predicted molar refractivity (Wildman–Crippen MR) is 53.7 cm³/mol. The summed E-state index contributed by atoms with van der Waals surface area (Å²) in [6.07, 6.45) is 6.75. The van der Waals surface area contributed by atoms with Crippen LogP contribution in [0.25, 0.3) is 0 Å². The predicted octanol–water partition coefficient (Wildman–Crippen LogP) is 1.82. The zero-order valence-electron chi connectivity index (χ0n) is 8.77. The molecule has 0 aromatic carbocycles. The van der Waals surface area contributed by atoms with Crippen molar-refractivity contribution in [3.63, 3.8) is 0 Å². The van der Waals surface area contributed by atoms with Gasteiger partial charge in [-0.05, 0) is 39.5 Å². The molecule has 0 amide bonds. The first kappa shape index (κ1) is 9.47. The summed E-state index contributed by atoms with van der Waals surface area (Å²) >= 11 is 0. The average Bonchev–Trinajstić information content (AvgIpc) is 2.58. The molecular weight excluding hydrogens is 162 g/mol. The van der Waals surface area contributed by atoms with E-state index in [9.17, 15) is 5.11 Å². The summed E-state index contributed by atoms with van der Waals surface area (Å²) in [4.78, 5) is 0. The second-order valence-corrected chi connectivity index (χ2v) is 5.43. The molecule has 1 aliphatic carbocycles. The Kier molecular flexibility index (Phi) is 2.16. The molecule has 13 heavy (non-hydrogen) atoms. The number of aliphatic hydroxyl groups is 1. The van der Waals surface area contributed by atoms with Gasteiger partial charge in [0.2, 0.25) is 0 Å². The summed E-state index contributed by atoms with van der Waals surface area (Å²) in [5, 5.41) is 13.9. The zero-order valence-corrected chi connectivity index (χ0v) is 8.77. The van der Waals surface area contributed by atoms with Crippen LogP contribution in [0.3, 0.4) is 0 Å². The first-order valence-electron chi connectivity index (χ1n) is 5.52. The van der Waals surface area contributed by atoms with Gasteiger partial charge in [0.25, 0.3) is 0 Å². The van der Waals surface area contributed by atoms with Crippen molar-refractivity contribution < 1.29 is 5.11 Å². The molecule has 1 saturated heterocycles. The van der Waals surface area contributed by atoms with Gasteiger partial charge in [-0.1, -0.05) is 12.8 Å². The van der Waals surface area contributed by atoms with Crippen molar-refractivity contribution in [2.24, 2.45) is 0 Å². The zero-order chi connectivity index (χ0) is 9.53. The van der Waals surface area contributed by atoms with E-state index in [1.165, 1.54) is 19.3 Å². The molecule has 2 aliphatic rings. The molecule has 2 rings (SSSR count). The van der Waals surface area contributed by atoms with E-state index in [1.54, 1.807) is 0 Å². The molecule has 0 unspecified atom stereocenters. The molecule has 1 heterocycles. The average molecular weight is 183 g/mol. The molecule has 1 atom stereocenters. The normalized spacial score (nSPS) is 36.7. The molecule has 0 radical (unpaired) electrons. The SMILES string of the molecule is CC1(C)CC[C@@H](C2(O)CCCC2)N1. The van der Waals surface area contributed by atoms with E-state index in [1.807, 2.05) is 0 Å². The van der Waals surface area contributed by atoms with E-state index in [0.717, 1.165) is 19.3 Å². The van der Waals surface area contributed by atoms with E-state index >= 15 is 0 Å². The van der Waals surface area contributed by atoms with Crippen LogP contribution >= 0.6 is 0 Å². The molecule has 0 spiro atoms. The van der Waals surface area contributed by atoms with Gasteiger partial charge in [0.05, 0.1) is 5.60 Å². The van der Waals surface area contributed by atoms with E-state index < -0.39 is 0 Å². The number of hydrogen-bond donors (Lipinski definition) is 2. The van der Waals surface area contributed by atoms with Crippen LogP contribution in [0, 0.1) is 0 Å². The van der Waals surface area contributed by atoms with Gasteiger partial charge in [0.15, 0.2) is 0 Å². The van der Waals surface area contributed by atoms with Crippen LogP contribution in [0.1, 0.15) is 52.4 Å². The number of rotatable bonds is 1. The van der Waals surface area contributed by atoms with E-state index in [2.05, 4.69) is 19.2 Å². The minimum atomic E-state index is -0.381. The Hall–Kier alpha value is -0.0800. The maximum Gasteiger partial charge on any atom is 0.0800 e. The minimum absolute atomic E-state index is 0.239.